The molecular weight excluding hydrogens is 651 g/mol. The molecule has 0 bridgehead atoms. The lowest BCUT2D eigenvalue weighted by Crippen LogP contribution is -2.57. The number of benzene rings is 2. The van der Waals surface area contributed by atoms with Gasteiger partial charge in [-0.2, -0.15) is 13.2 Å². The number of aryl methyl sites for hydroxylation is 1. The first-order chi connectivity index (χ1) is 23.2. The number of ether oxygens (including phenoxy) is 3. The van der Waals surface area contributed by atoms with Gasteiger partial charge in [0, 0.05) is 17.3 Å². The van der Waals surface area contributed by atoms with E-state index in [9.17, 15) is 31.5 Å². The molecule has 262 valence electrons. The highest BCUT2D eigenvalue weighted by Gasteiger charge is 2.46. The van der Waals surface area contributed by atoms with Crippen molar-refractivity contribution in [2.75, 3.05) is 32.2 Å². The van der Waals surface area contributed by atoms with E-state index in [4.69, 9.17) is 14.2 Å². The standard InChI is InChI=1S/C35H37F5N4O5/c1-19-11-24(13-25(12-19)35(38,39)40)30-20(2)44(33(46)49-30)16-28-27(15-41-32(42-28)43-17-34(36,37)18-43)26-14-23(9-10-29(26)47-3)21-5-7-22(8-6-21)31(45)48-4/h9-15,20-22,30H,5-8,16-18H2,1-4H3/t20-,21?,22?,30-/m0/s1. The second-order valence-corrected chi connectivity index (χ2v) is 13.1. The Labute approximate surface area is 280 Å². The van der Waals surface area contributed by atoms with Crippen LogP contribution in [0.1, 0.15) is 72.6 Å². The molecule has 1 aromatic heterocycles. The van der Waals surface area contributed by atoms with Crippen molar-refractivity contribution < 1.29 is 45.8 Å². The number of alkyl halides is 5. The third-order valence-corrected chi connectivity index (χ3v) is 9.70. The van der Waals surface area contributed by atoms with Gasteiger partial charge in [0.05, 0.1) is 57.1 Å². The Morgan fingerprint density at radius 2 is 1.73 bits per heavy atom. The summed E-state index contributed by atoms with van der Waals surface area (Å²) >= 11 is 0. The van der Waals surface area contributed by atoms with Crippen molar-refractivity contribution in [2.45, 2.75) is 76.2 Å². The van der Waals surface area contributed by atoms with E-state index in [0.717, 1.165) is 30.5 Å². The lowest BCUT2D eigenvalue weighted by molar-refractivity contribution is -0.146. The summed E-state index contributed by atoms with van der Waals surface area (Å²) in [6.07, 6.45) is -1.91. The molecule has 3 aromatic rings. The van der Waals surface area contributed by atoms with Gasteiger partial charge in [0.2, 0.25) is 5.95 Å². The Balaban J connectivity index is 1.34. The fraction of sp³-hybridized carbons (Fsp3) is 0.486. The number of halogens is 5. The molecule has 2 aliphatic heterocycles. The molecular formula is C35H37F5N4O5. The maximum absolute atomic E-state index is 13.8. The second kappa shape index (κ2) is 13.1. The third kappa shape index (κ3) is 7.00. The van der Waals surface area contributed by atoms with E-state index in [0.29, 0.717) is 41.0 Å². The summed E-state index contributed by atoms with van der Waals surface area (Å²) in [7, 11) is 2.90. The molecule has 0 unspecified atom stereocenters. The van der Waals surface area contributed by atoms with E-state index in [2.05, 4.69) is 9.97 Å². The van der Waals surface area contributed by atoms with Gasteiger partial charge in [0.1, 0.15) is 11.9 Å². The molecule has 3 fully saturated rings. The highest BCUT2D eigenvalue weighted by molar-refractivity contribution is 5.75. The van der Waals surface area contributed by atoms with Gasteiger partial charge in [-0.1, -0.05) is 17.7 Å². The molecule has 2 atom stereocenters. The van der Waals surface area contributed by atoms with Gasteiger partial charge >= 0.3 is 18.2 Å². The number of amides is 1. The number of carbonyl (C=O) groups is 2. The Kier molecular flexibility index (Phi) is 9.18. The van der Waals surface area contributed by atoms with Gasteiger partial charge in [-0.15, -0.1) is 0 Å². The van der Waals surface area contributed by atoms with Crippen molar-refractivity contribution >= 4 is 18.0 Å². The van der Waals surface area contributed by atoms with Gasteiger partial charge in [-0.05, 0) is 80.8 Å². The minimum atomic E-state index is -4.58. The summed E-state index contributed by atoms with van der Waals surface area (Å²) < 4.78 is 84.8. The van der Waals surface area contributed by atoms with Crippen LogP contribution in [0.2, 0.25) is 0 Å². The summed E-state index contributed by atoms with van der Waals surface area (Å²) in [6.45, 7) is 1.96. The Bertz CT molecular complexity index is 1740. The molecule has 1 saturated carbocycles. The van der Waals surface area contributed by atoms with Gasteiger partial charge in [-0.3, -0.25) is 9.69 Å². The van der Waals surface area contributed by atoms with Crippen LogP contribution in [0.25, 0.3) is 11.1 Å². The monoisotopic (exact) mass is 688 g/mol. The molecule has 1 amide bonds. The van der Waals surface area contributed by atoms with E-state index in [1.165, 1.54) is 37.1 Å². The number of carbonyl (C=O) groups excluding carboxylic acids is 2. The fourth-order valence-electron chi connectivity index (χ4n) is 7.04. The Hall–Kier alpha value is -4.49. The zero-order valence-corrected chi connectivity index (χ0v) is 27.5. The van der Waals surface area contributed by atoms with Gasteiger partial charge in [0.25, 0.3) is 5.92 Å². The molecule has 3 heterocycles. The average molecular weight is 689 g/mol. The molecule has 6 rings (SSSR count). The SMILES string of the molecule is COC(=O)C1CCC(c2ccc(OC)c(-c3cnc(N4CC(F)(F)C4)nc3CN3C(=O)O[C@H](c4cc(C)cc(C(F)(F)F)c4)[C@@H]3C)c2)CC1. The highest BCUT2D eigenvalue weighted by atomic mass is 19.4. The molecule has 2 saturated heterocycles. The van der Waals surface area contributed by atoms with Crippen molar-refractivity contribution in [1.82, 2.24) is 14.9 Å². The van der Waals surface area contributed by atoms with Crippen molar-refractivity contribution in [3.05, 3.63) is 70.5 Å². The smallest absolute Gasteiger partial charge is 0.416 e. The summed E-state index contributed by atoms with van der Waals surface area (Å²) in [5.74, 6) is -2.53. The molecule has 2 aromatic carbocycles. The van der Waals surface area contributed by atoms with Crippen LogP contribution in [-0.2, 0) is 27.0 Å². The number of esters is 1. The lowest BCUT2D eigenvalue weighted by atomic mass is 9.78. The van der Waals surface area contributed by atoms with Crippen LogP contribution in [0.15, 0.2) is 42.6 Å². The number of hydrogen-bond acceptors (Lipinski definition) is 8. The number of anilines is 1. The van der Waals surface area contributed by atoms with Crippen LogP contribution in [-0.4, -0.2) is 66.2 Å². The molecule has 49 heavy (non-hydrogen) atoms. The van der Waals surface area contributed by atoms with Crippen LogP contribution in [0.5, 0.6) is 5.75 Å². The average Bonchev–Trinajstić information content (AvgIpc) is 3.34. The van der Waals surface area contributed by atoms with E-state index >= 15 is 0 Å². The highest BCUT2D eigenvalue weighted by Crippen LogP contribution is 2.43. The number of cyclic esters (lactones) is 1. The quantitative estimate of drug-likeness (QED) is 0.178. The summed E-state index contributed by atoms with van der Waals surface area (Å²) in [5.41, 5.74) is 2.18. The van der Waals surface area contributed by atoms with E-state index in [1.807, 2.05) is 18.2 Å². The molecule has 9 nitrogen and oxygen atoms in total. The summed E-state index contributed by atoms with van der Waals surface area (Å²) in [6, 6.07) is 8.62. The largest absolute Gasteiger partial charge is 0.496 e. The lowest BCUT2D eigenvalue weighted by Gasteiger charge is -2.38. The zero-order valence-electron chi connectivity index (χ0n) is 27.5. The third-order valence-electron chi connectivity index (χ3n) is 9.70. The van der Waals surface area contributed by atoms with E-state index in [1.54, 1.807) is 13.0 Å². The number of nitrogens with zero attached hydrogens (tertiary/aromatic N) is 4. The maximum atomic E-state index is 13.8. The summed E-state index contributed by atoms with van der Waals surface area (Å²) in [5, 5.41) is 0. The first kappa shape index (κ1) is 34.4. The van der Waals surface area contributed by atoms with Crippen LogP contribution in [0.3, 0.4) is 0 Å². The fourth-order valence-corrected chi connectivity index (χ4v) is 7.04. The molecule has 0 spiro atoms. The van der Waals surface area contributed by atoms with Crippen LogP contribution < -0.4 is 9.64 Å². The minimum Gasteiger partial charge on any atom is -0.496 e. The first-order valence-electron chi connectivity index (χ1n) is 16.1. The number of hydrogen-bond donors (Lipinski definition) is 0. The van der Waals surface area contributed by atoms with E-state index in [-0.39, 0.29) is 35.9 Å². The van der Waals surface area contributed by atoms with Crippen LogP contribution in [0, 0.1) is 12.8 Å². The van der Waals surface area contributed by atoms with Crippen molar-refractivity contribution in [2.24, 2.45) is 5.92 Å². The predicted molar refractivity (Wildman–Crippen MR) is 168 cm³/mol. The normalized spacial score (nSPS) is 23.6. The topological polar surface area (TPSA) is 94.1 Å². The van der Waals surface area contributed by atoms with Gasteiger partial charge in [-0.25, -0.2) is 23.5 Å². The molecule has 14 heteroatoms. The Morgan fingerprint density at radius 1 is 1.02 bits per heavy atom. The molecule has 0 radical (unpaired) electrons. The van der Waals surface area contributed by atoms with Gasteiger partial charge < -0.3 is 19.1 Å². The van der Waals surface area contributed by atoms with Crippen molar-refractivity contribution in [3.8, 4) is 16.9 Å². The van der Waals surface area contributed by atoms with Crippen molar-refractivity contribution in [1.29, 1.82) is 0 Å². The second-order valence-electron chi connectivity index (χ2n) is 13.1. The predicted octanol–water partition coefficient (Wildman–Crippen LogP) is 7.46. The van der Waals surface area contributed by atoms with Crippen molar-refractivity contribution in [3.63, 3.8) is 0 Å². The first-order valence-corrected chi connectivity index (χ1v) is 16.1. The Morgan fingerprint density at radius 3 is 2.37 bits per heavy atom. The zero-order chi connectivity index (χ0) is 35.2. The minimum absolute atomic E-state index is 0.0613. The number of rotatable bonds is 8. The molecule has 1 aliphatic carbocycles. The molecule has 3 aliphatic rings. The molecule has 0 N–H and O–H groups in total. The van der Waals surface area contributed by atoms with Crippen LogP contribution in [0.4, 0.5) is 32.7 Å². The maximum Gasteiger partial charge on any atom is 0.416 e. The number of methoxy groups -OCH3 is 2. The summed E-state index contributed by atoms with van der Waals surface area (Å²) in [4.78, 5) is 37.2. The van der Waals surface area contributed by atoms with E-state index < -0.39 is 49.0 Å². The number of aromatic nitrogens is 2. The van der Waals surface area contributed by atoms with Gasteiger partial charge in [0.15, 0.2) is 0 Å². The van der Waals surface area contributed by atoms with Crippen LogP contribution >= 0.6 is 0 Å².